The Kier molecular flexibility index (Phi) is 4.32. The number of nitrogens with zero attached hydrogens (tertiary/aromatic N) is 1. The fourth-order valence-electron chi connectivity index (χ4n) is 2.25. The van der Waals surface area contributed by atoms with Crippen LogP contribution in [-0.2, 0) is 10.0 Å². The number of ether oxygens (including phenoxy) is 2. The molecule has 9 heteroatoms. The van der Waals surface area contributed by atoms with Crippen molar-refractivity contribution in [3.8, 4) is 11.5 Å². The summed E-state index contributed by atoms with van der Waals surface area (Å²) in [5.74, 6) is -0.180. The van der Waals surface area contributed by atoms with Crippen molar-refractivity contribution in [2.24, 2.45) is 5.10 Å². The van der Waals surface area contributed by atoms with Gasteiger partial charge >= 0.3 is 5.97 Å². The van der Waals surface area contributed by atoms with Crippen molar-refractivity contribution in [1.29, 1.82) is 0 Å². The third-order valence-corrected chi connectivity index (χ3v) is 4.87. The standard InChI is InChI=1S/C16H14N2O6S/c1-10-6-13-14(24-9-23-13)7-15(10)25(21,22)18-17-8-11-2-4-12(5-3-11)16(19)20/h2-8,18H,9H2,1H3,(H,19,20)/b17-8+. The number of carbonyl (C=O) groups is 1. The number of aryl methyl sites for hydroxylation is 1. The number of sulfonamides is 1. The van der Waals surface area contributed by atoms with Gasteiger partial charge in [0.15, 0.2) is 11.5 Å². The Bertz CT molecular complexity index is 951. The quantitative estimate of drug-likeness (QED) is 0.618. The molecule has 0 aromatic heterocycles. The second-order valence-electron chi connectivity index (χ2n) is 5.25. The molecule has 3 rings (SSSR count). The highest BCUT2D eigenvalue weighted by molar-refractivity contribution is 7.89. The maximum Gasteiger partial charge on any atom is 0.335 e. The lowest BCUT2D eigenvalue weighted by atomic mass is 10.1. The highest BCUT2D eigenvalue weighted by atomic mass is 32.2. The monoisotopic (exact) mass is 362 g/mol. The van der Waals surface area contributed by atoms with Crippen molar-refractivity contribution in [3.05, 3.63) is 53.1 Å². The Morgan fingerprint density at radius 2 is 1.84 bits per heavy atom. The Labute approximate surface area is 143 Å². The van der Waals surface area contributed by atoms with Crippen molar-refractivity contribution in [3.63, 3.8) is 0 Å². The molecule has 1 aliphatic rings. The number of fused-ring (bicyclic) bond motifs is 1. The summed E-state index contributed by atoms with van der Waals surface area (Å²) in [5.41, 5.74) is 1.18. The molecule has 0 unspecified atom stereocenters. The summed E-state index contributed by atoms with van der Waals surface area (Å²) in [7, 11) is -3.88. The average Bonchev–Trinajstić information content (AvgIpc) is 3.01. The molecular formula is C16H14N2O6S. The van der Waals surface area contributed by atoms with Crippen LogP contribution >= 0.6 is 0 Å². The number of hydrogen-bond donors (Lipinski definition) is 2. The molecule has 2 N–H and O–H groups in total. The van der Waals surface area contributed by atoms with Crippen molar-refractivity contribution < 1.29 is 27.8 Å². The minimum atomic E-state index is -3.88. The number of nitrogens with one attached hydrogen (secondary N) is 1. The zero-order valence-corrected chi connectivity index (χ0v) is 13.9. The van der Waals surface area contributed by atoms with Crippen LogP contribution in [0.5, 0.6) is 11.5 Å². The number of hydrazone groups is 1. The molecule has 0 radical (unpaired) electrons. The number of hydrogen-bond acceptors (Lipinski definition) is 6. The molecule has 0 amide bonds. The van der Waals surface area contributed by atoms with E-state index in [1.54, 1.807) is 13.0 Å². The lowest BCUT2D eigenvalue weighted by Crippen LogP contribution is -2.19. The Morgan fingerprint density at radius 1 is 1.20 bits per heavy atom. The highest BCUT2D eigenvalue weighted by Crippen LogP contribution is 2.36. The molecule has 8 nitrogen and oxygen atoms in total. The van der Waals surface area contributed by atoms with Gasteiger partial charge in [-0.15, -0.1) is 0 Å². The number of aromatic carboxylic acids is 1. The van der Waals surface area contributed by atoms with Crippen LogP contribution < -0.4 is 14.3 Å². The van der Waals surface area contributed by atoms with E-state index in [0.717, 1.165) is 0 Å². The zero-order chi connectivity index (χ0) is 18.0. The topological polar surface area (TPSA) is 114 Å². The van der Waals surface area contributed by atoms with Crippen LogP contribution in [0.2, 0.25) is 0 Å². The Hall–Kier alpha value is -3.07. The normalized spacial score (nSPS) is 13.2. The average molecular weight is 362 g/mol. The fourth-order valence-corrected chi connectivity index (χ4v) is 3.28. The van der Waals surface area contributed by atoms with Gasteiger partial charge in [0.1, 0.15) is 0 Å². The molecule has 2 aromatic rings. The van der Waals surface area contributed by atoms with Gasteiger partial charge in [-0.05, 0) is 36.2 Å². The largest absolute Gasteiger partial charge is 0.478 e. The van der Waals surface area contributed by atoms with Gasteiger partial charge in [0.25, 0.3) is 10.0 Å². The van der Waals surface area contributed by atoms with E-state index >= 15 is 0 Å². The first-order valence-electron chi connectivity index (χ1n) is 7.15. The van der Waals surface area contributed by atoms with E-state index in [4.69, 9.17) is 14.6 Å². The van der Waals surface area contributed by atoms with Gasteiger partial charge < -0.3 is 14.6 Å². The van der Waals surface area contributed by atoms with E-state index in [9.17, 15) is 13.2 Å². The molecule has 0 fully saturated rings. The summed E-state index contributed by atoms with van der Waals surface area (Å²) in [5, 5.41) is 12.5. The molecule has 130 valence electrons. The van der Waals surface area contributed by atoms with Crippen LogP contribution in [0.4, 0.5) is 0 Å². The number of rotatable bonds is 5. The van der Waals surface area contributed by atoms with E-state index in [1.165, 1.54) is 36.5 Å². The lowest BCUT2D eigenvalue weighted by molar-refractivity contribution is 0.0697. The number of carboxylic acids is 1. The molecule has 1 heterocycles. The minimum absolute atomic E-state index is 0.0372. The van der Waals surface area contributed by atoms with Crippen LogP contribution in [0.25, 0.3) is 0 Å². The SMILES string of the molecule is Cc1cc2c(cc1S(=O)(=O)N/N=C/c1ccc(C(=O)O)cc1)OCO2. The van der Waals surface area contributed by atoms with Crippen LogP contribution in [0.1, 0.15) is 21.5 Å². The summed E-state index contributed by atoms with van der Waals surface area (Å²) >= 11 is 0. The molecule has 0 atom stereocenters. The lowest BCUT2D eigenvalue weighted by Gasteiger charge is -2.08. The summed E-state index contributed by atoms with van der Waals surface area (Å²) in [6, 6.07) is 8.82. The summed E-state index contributed by atoms with van der Waals surface area (Å²) in [6.07, 6.45) is 1.28. The van der Waals surface area contributed by atoms with Gasteiger partial charge in [0, 0.05) is 6.07 Å². The molecule has 0 aliphatic carbocycles. The van der Waals surface area contributed by atoms with Crippen LogP contribution in [0, 0.1) is 6.92 Å². The third kappa shape index (κ3) is 3.56. The van der Waals surface area contributed by atoms with Crippen molar-refractivity contribution in [2.45, 2.75) is 11.8 Å². The molecule has 1 aliphatic heterocycles. The van der Waals surface area contributed by atoms with E-state index in [1.807, 2.05) is 0 Å². The first-order chi connectivity index (χ1) is 11.9. The predicted octanol–water partition coefficient (Wildman–Crippen LogP) is 1.73. The maximum absolute atomic E-state index is 12.4. The fraction of sp³-hybridized carbons (Fsp3) is 0.125. The molecule has 0 saturated heterocycles. The second-order valence-corrected chi connectivity index (χ2v) is 6.88. The molecule has 2 aromatic carbocycles. The Balaban J connectivity index is 1.77. The molecule has 0 saturated carbocycles. The third-order valence-electron chi connectivity index (χ3n) is 3.50. The van der Waals surface area contributed by atoms with Gasteiger partial charge in [-0.3, -0.25) is 0 Å². The first-order valence-corrected chi connectivity index (χ1v) is 8.63. The van der Waals surface area contributed by atoms with Crippen molar-refractivity contribution in [2.75, 3.05) is 6.79 Å². The van der Waals surface area contributed by atoms with E-state index in [2.05, 4.69) is 9.93 Å². The highest BCUT2D eigenvalue weighted by Gasteiger charge is 2.22. The number of benzene rings is 2. The zero-order valence-electron chi connectivity index (χ0n) is 13.1. The van der Waals surface area contributed by atoms with E-state index < -0.39 is 16.0 Å². The molecular weight excluding hydrogens is 348 g/mol. The predicted molar refractivity (Wildman–Crippen MR) is 88.6 cm³/mol. The van der Waals surface area contributed by atoms with E-state index in [0.29, 0.717) is 22.6 Å². The molecule has 0 spiro atoms. The van der Waals surface area contributed by atoms with Crippen LogP contribution in [-0.4, -0.2) is 32.5 Å². The summed E-state index contributed by atoms with van der Waals surface area (Å²) in [6.45, 7) is 1.70. The Morgan fingerprint density at radius 3 is 2.48 bits per heavy atom. The molecule has 25 heavy (non-hydrogen) atoms. The maximum atomic E-state index is 12.4. The van der Waals surface area contributed by atoms with Crippen LogP contribution in [0.3, 0.4) is 0 Å². The van der Waals surface area contributed by atoms with Gasteiger partial charge in [-0.2, -0.15) is 13.5 Å². The van der Waals surface area contributed by atoms with Crippen molar-refractivity contribution >= 4 is 22.2 Å². The van der Waals surface area contributed by atoms with E-state index in [-0.39, 0.29) is 17.3 Å². The second kappa shape index (κ2) is 6.44. The first kappa shape index (κ1) is 16.8. The summed E-state index contributed by atoms with van der Waals surface area (Å²) in [4.78, 5) is 12.9. The molecule has 0 bridgehead atoms. The number of carboxylic acid groups (broad SMARTS) is 1. The van der Waals surface area contributed by atoms with Gasteiger partial charge in [0.05, 0.1) is 16.7 Å². The van der Waals surface area contributed by atoms with Crippen molar-refractivity contribution in [1.82, 2.24) is 4.83 Å². The van der Waals surface area contributed by atoms with Gasteiger partial charge in [-0.1, -0.05) is 12.1 Å². The smallest absolute Gasteiger partial charge is 0.335 e. The summed E-state index contributed by atoms with van der Waals surface area (Å²) < 4.78 is 35.2. The van der Waals surface area contributed by atoms with Crippen LogP contribution in [0.15, 0.2) is 46.4 Å². The van der Waals surface area contributed by atoms with Gasteiger partial charge in [-0.25, -0.2) is 9.63 Å². The van der Waals surface area contributed by atoms with Gasteiger partial charge in [0.2, 0.25) is 6.79 Å². The minimum Gasteiger partial charge on any atom is -0.478 e.